The fraction of sp³-hybridized carbons (Fsp3) is 0.500. The molecular formula is C14H14F3N3O. The third kappa shape index (κ3) is 3.51. The zero-order valence-electron chi connectivity index (χ0n) is 11.2. The second-order valence-corrected chi connectivity index (χ2v) is 4.96. The van der Waals surface area contributed by atoms with Gasteiger partial charge >= 0.3 is 6.18 Å². The Bertz CT molecular complexity index is 542. The summed E-state index contributed by atoms with van der Waals surface area (Å²) in [4.78, 5) is 17.3. The van der Waals surface area contributed by atoms with E-state index in [1.54, 1.807) is 0 Å². The number of nitrogens with zero attached hydrogens (tertiary/aromatic N) is 3. The van der Waals surface area contributed by atoms with Gasteiger partial charge in [-0.2, -0.15) is 18.4 Å². The van der Waals surface area contributed by atoms with Gasteiger partial charge < -0.3 is 4.90 Å². The standard InChI is InChI=1S/C14H14F3N3O/c15-14(16,17)10-5-6-12(19-9-10)13(21)20(8-7-18)11-3-1-2-4-11/h5-6,9,11H,1-4,8H2. The first kappa shape index (κ1) is 15.3. The predicted octanol–water partition coefficient (Wildman–Crippen LogP) is 3.01. The van der Waals surface area contributed by atoms with Crippen molar-refractivity contribution in [2.24, 2.45) is 0 Å². The van der Waals surface area contributed by atoms with Crippen molar-refractivity contribution in [1.29, 1.82) is 5.26 Å². The molecule has 1 aliphatic carbocycles. The van der Waals surface area contributed by atoms with Gasteiger partial charge in [-0.1, -0.05) is 12.8 Å². The summed E-state index contributed by atoms with van der Waals surface area (Å²) in [5.74, 6) is -0.489. The van der Waals surface area contributed by atoms with Crippen LogP contribution in [0.3, 0.4) is 0 Å². The number of carbonyl (C=O) groups excluding carboxylic acids is 1. The monoisotopic (exact) mass is 297 g/mol. The molecule has 1 heterocycles. The van der Waals surface area contributed by atoms with Gasteiger partial charge in [0.05, 0.1) is 11.6 Å². The third-order valence-corrected chi connectivity index (χ3v) is 3.58. The van der Waals surface area contributed by atoms with Gasteiger partial charge in [0, 0.05) is 12.2 Å². The van der Waals surface area contributed by atoms with Crippen molar-refractivity contribution < 1.29 is 18.0 Å². The zero-order chi connectivity index (χ0) is 15.5. The van der Waals surface area contributed by atoms with E-state index < -0.39 is 17.6 Å². The lowest BCUT2D eigenvalue weighted by Crippen LogP contribution is -2.39. The molecular weight excluding hydrogens is 283 g/mol. The van der Waals surface area contributed by atoms with Crippen LogP contribution in [0.1, 0.15) is 41.7 Å². The van der Waals surface area contributed by atoms with E-state index in [1.165, 1.54) is 4.90 Å². The predicted molar refractivity (Wildman–Crippen MR) is 68.1 cm³/mol. The van der Waals surface area contributed by atoms with Gasteiger partial charge in [0.2, 0.25) is 0 Å². The normalized spacial score (nSPS) is 15.7. The van der Waals surface area contributed by atoms with Crippen LogP contribution in [0.25, 0.3) is 0 Å². The highest BCUT2D eigenvalue weighted by atomic mass is 19.4. The van der Waals surface area contributed by atoms with Crippen LogP contribution in [0.15, 0.2) is 18.3 Å². The number of halogens is 3. The second kappa shape index (κ2) is 6.12. The van der Waals surface area contributed by atoms with E-state index in [9.17, 15) is 18.0 Å². The number of aromatic nitrogens is 1. The summed E-state index contributed by atoms with van der Waals surface area (Å²) in [6.07, 6.45) is -0.235. The van der Waals surface area contributed by atoms with Crippen molar-refractivity contribution >= 4 is 5.91 Å². The molecule has 21 heavy (non-hydrogen) atoms. The molecule has 2 rings (SSSR count). The molecule has 0 aromatic carbocycles. The van der Waals surface area contributed by atoms with E-state index in [1.807, 2.05) is 6.07 Å². The summed E-state index contributed by atoms with van der Waals surface area (Å²) in [6, 6.07) is 3.79. The molecule has 1 aromatic rings. The number of alkyl halides is 3. The third-order valence-electron chi connectivity index (χ3n) is 3.58. The SMILES string of the molecule is N#CCN(C(=O)c1ccc(C(F)(F)F)cn1)C1CCCC1. The van der Waals surface area contributed by atoms with Crippen molar-refractivity contribution in [1.82, 2.24) is 9.88 Å². The molecule has 1 aromatic heterocycles. The fourth-order valence-electron chi connectivity index (χ4n) is 2.49. The first-order valence-electron chi connectivity index (χ1n) is 6.64. The van der Waals surface area contributed by atoms with Gasteiger partial charge in [0.15, 0.2) is 0 Å². The molecule has 4 nitrogen and oxygen atoms in total. The Morgan fingerprint density at radius 1 is 1.38 bits per heavy atom. The number of nitriles is 1. The van der Waals surface area contributed by atoms with Gasteiger partial charge in [-0.15, -0.1) is 0 Å². The van der Waals surface area contributed by atoms with Gasteiger partial charge in [0.1, 0.15) is 12.2 Å². The van der Waals surface area contributed by atoms with E-state index in [0.717, 1.165) is 37.8 Å². The van der Waals surface area contributed by atoms with Gasteiger partial charge in [-0.3, -0.25) is 9.78 Å². The molecule has 0 aliphatic heterocycles. The van der Waals surface area contributed by atoms with E-state index in [4.69, 9.17) is 5.26 Å². The quantitative estimate of drug-likeness (QED) is 0.806. The minimum atomic E-state index is -4.48. The van der Waals surface area contributed by atoms with Crippen LogP contribution in [-0.2, 0) is 6.18 Å². The molecule has 0 bridgehead atoms. The Kier molecular flexibility index (Phi) is 4.46. The van der Waals surface area contributed by atoms with Gasteiger partial charge in [-0.05, 0) is 25.0 Å². The lowest BCUT2D eigenvalue weighted by molar-refractivity contribution is -0.137. The maximum Gasteiger partial charge on any atom is 0.417 e. The molecule has 1 fully saturated rings. The Hall–Kier alpha value is -2.10. The van der Waals surface area contributed by atoms with E-state index in [-0.39, 0.29) is 18.3 Å². The van der Waals surface area contributed by atoms with Crippen molar-refractivity contribution in [2.45, 2.75) is 37.9 Å². The van der Waals surface area contributed by atoms with E-state index in [2.05, 4.69) is 4.98 Å². The lowest BCUT2D eigenvalue weighted by atomic mass is 10.1. The van der Waals surface area contributed by atoms with Gasteiger partial charge in [0.25, 0.3) is 5.91 Å². The maximum atomic E-state index is 12.5. The lowest BCUT2D eigenvalue weighted by Gasteiger charge is -2.26. The van der Waals surface area contributed by atoms with Crippen LogP contribution in [0, 0.1) is 11.3 Å². The van der Waals surface area contributed by atoms with Crippen LogP contribution in [0.4, 0.5) is 13.2 Å². The number of rotatable bonds is 3. The molecule has 0 saturated heterocycles. The Labute approximate surface area is 120 Å². The summed E-state index contributed by atoms with van der Waals surface area (Å²) in [7, 11) is 0. The molecule has 7 heteroatoms. The molecule has 0 atom stereocenters. The minimum absolute atomic E-state index is 0.0266. The molecule has 112 valence electrons. The van der Waals surface area contributed by atoms with Crippen molar-refractivity contribution in [3.63, 3.8) is 0 Å². The molecule has 0 radical (unpaired) electrons. The number of pyridine rings is 1. The fourth-order valence-corrected chi connectivity index (χ4v) is 2.49. The Morgan fingerprint density at radius 3 is 2.52 bits per heavy atom. The Morgan fingerprint density at radius 2 is 2.05 bits per heavy atom. The number of carbonyl (C=O) groups is 1. The van der Waals surface area contributed by atoms with Crippen molar-refractivity contribution in [3.8, 4) is 6.07 Å². The number of hydrogen-bond acceptors (Lipinski definition) is 3. The summed E-state index contributed by atoms with van der Waals surface area (Å²) >= 11 is 0. The molecule has 1 amide bonds. The highest BCUT2D eigenvalue weighted by Gasteiger charge is 2.32. The summed E-state index contributed by atoms with van der Waals surface area (Å²) in [5, 5.41) is 8.83. The van der Waals surface area contributed by atoms with Crippen LogP contribution >= 0.6 is 0 Å². The summed E-state index contributed by atoms with van der Waals surface area (Å²) in [5.41, 5.74) is -0.961. The molecule has 1 saturated carbocycles. The topological polar surface area (TPSA) is 57.0 Å². The number of hydrogen-bond donors (Lipinski definition) is 0. The summed E-state index contributed by atoms with van der Waals surface area (Å²) < 4.78 is 37.4. The minimum Gasteiger partial charge on any atom is -0.321 e. The molecule has 1 aliphatic rings. The largest absolute Gasteiger partial charge is 0.417 e. The second-order valence-electron chi connectivity index (χ2n) is 4.96. The average molecular weight is 297 g/mol. The number of amides is 1. The van der Waals surface area contributed by atoms with Crippen molar-refractivity contribution in [2.75, 3.05) is 6.54 Å². The molecule has 0 unspecified atom stereocenters. The maximum absolute atomic E-state index is 12.5. The highest BCUT2D eigenvalue weighted by molar-refractivity contribution is 5.92. The van der Waals surface area contributed by atoms with Gasteiger partial charge in [-0.25, -0.2) is 0 Å². The summed E-state index contributed by atoms with van der Waals surface area (Å²) in [6.45, 7) is -0.0772. The van der Waals surface area contributed by atoms with Crippen LogP contribution in [0.5, 0.6) is 0 Å². The molecule has 0 N–H and O–H groups in total. The van der Waals surface area contributed by atoms with Crippen molar-refractivity contribution in [3.05, 3.63) is 29.6 Å². The zero-order valence-corrected chi connectivity index (χ0v) is 11.2. The smallest absolute Gasteiger partial charge is 0.321 e. The van der Waals surface area contributed by atoms with Crippen LogP contribution in [-0.4, -0.2) is 28.4 Å². The first-order valence-corrected chi connectivity index (χ1v) is 6.64. The van der Waals surface area contributed by atoms with E-state index in [0.29, 0.717) is 6.20 Å². The van der Waals surface area contributed by atoms with Crippen LogP contribution < -0.4 is 0 Å². The highest BCUT2D eigenvalue weighted by Crippen LogP contribution is 2.29. The average Bonchev–Trinajstić information content (AvgIpc) is 2.97. The Balaban J connectivity index is 2.18. The van der Waals surface area contributed by atoms with E-state index >= 15 is 0 Å². The molecule has 0 spiro atoms. The van der Waals surface area contributed by atoms with Crippen LogP contribution in [0.2, 0.25) is 0 Å². The first-order chi connectivity index (χ1) is 9.93.